The van der Waals surface area contributed by atoms with Gasteiger partial charge in [0.2, 0.25) is 0 Å². The van der Waals surface area contributed by atoms with E-state index in [2.05, 4.69) is 0 Å². The van der Waals surface area contributed by atoms with Crippen LogP contribution >= 0.6 is 0 Å². The number of benzene rings is 1. The van der Waals surface area contributed by atoms with Gasteiger partial charge < -0.3 is 14.9 Å². The van der Waals surface area contributed by atoms with Crippen LogP contribution in [0.5, 0.6) is 0 Å². The van der Waals surface area contributed by atoms with Crippen molar-refractivity contribution in [3.63, 3.8) is 0 Å². The molecule has 1 aromatic rings. The molecule has 0 spiro atoms. The van der Waals surface area contributed by atoms with Gasteiger partial charge in [0.05, 0.1) is 6.61 Å². The molecule has 0 amide bonds. The third kappa shape index (κ3) is 1.03. The molecule has 1 aliphatic carbocycles. The maximum Gasteiger partial charge on any atom is 0.188 e. The Kier molecular flexibility index (Phi) is 1.97. The zero-order valence-electron chi connectivity index (χ0n) is 9.31. The first kappa shape index (κ1) is 10.3. The molecule has 1 aromatic carbocycles. The Morgan fingerprint density at radius 2 is 2.12 bits per heavy atom. The molecular weight excluding hydrogens is 204 g/mol. The van der Waals surface area contributed by atoms with Gasteiger partial charge in [-0.05, 0) is 24.0 Å². The van der Waals surface area contributed by atoms with Gasteiger partial charge >= 0.3 is 0 Å². The van der Waals surface area contributed by atoms with Gasteiger partial charge in [0.15, 0.2) is 6.29 Å². The quantitative estimate of drug-likeness (QED) is 0.690. The predicted octanol–water partition coefficient (Wildman–Crippen LogP) is 1.18. The number of rotatable bonds is 0. The highest BCUT2D eigenvalue weighted by Gasteiger charge is 2.60. The molecule has 3 atom stereocenters. The Bertz CT molecular complexity index is 431. The standard InChI is InChI=1S/C13H16O3/c1-12-6-7-16-11(14)13(12,15)10-5-3-2-4-9(10)8-12/h2-5,11,14-15H,6-8H2,1H3. The highest BCUT2D eigenvalue weighted by atomic mass is 16.6. The van der Waals surface area contributed by atoms with Crippen LogP contribution in [0.2, 0.25) is 0 Å². The van der Waals surface area contributed by atoms with Gasteiger partial charge in [-0.15, -0.1) is 0 Å². The molecule has 3 rings (SSSR count). The van der Waals surface area contributed by atoms with Crippen LogP contribution in [0.1, 0.15) is 24.5 Å². The fourth-order valence-electron chi connectivity index (χ4n) is 3.15. The molecule has 0 radical (unpaired) electrons. The predicted molar refractivity (Wildman–Crippen MR) is 58.7 cm³/mol. The Hall–Kier alpha value is -0.900. The van der Waals surface area contributed by atoms with E-state index in [1.54, 1.807) is 0 Å². The number of ether oxygens (including phenoxy) is 1. The highest BCUT2D eigenvalue weighted by molar-refractivity contribution is 5.42. The Morgan fingerprint density at radius 1 is 1.38 bits per heavy atom. The Morgan fingerprint density at radius 3 is 2.94 bits per heavy atom. The van der Waals surface area contributed by atoms with Crippen LogP contribution in [0.3, 0.4) is 0 Å². The van der Waals surface area contributed by atoms with E-state index in [-0.39, 0.29) is 5.41 Å². The summed E-state index contributed by atoms with van der Waals surface area (Å²) in [5, 5.41) is 20.8. The van der Waals surface area contributed by atoms with E-state index in [4.69, 9.17) is 4.74 Å². The van der Waals surface area contributed by atoms with Crippen molar-refractivity contribution in [2.24, 2.45) is 5.41 Å². The van der Waals surface area contributed by atoms with E-state index in [1.807, 2.05) is 31.2 Å². The van der Waals surface area contributed by atoms with Gasteiger partial charge in [-0.25, -0.2) is 0 Å². The molecule has 1 heterocycles. The van der Waals surface area contributed by atoms with Gasteiger partial charge in [-0.1, -0.05) is 31.2 Å². The molecule has 0 bridgehead atoms. The largest absolute Gasteiger partial charge is 0.379 e. The van der Waals surface area contributed by atoms with Crippen LogP contribution in [0.25, 0.3) is 0 Å². The van der Waals surface area contributed by atoms with E-state index < -0.39 is 11.9 Å². The van der Waals surface area contributed by atoms with Gasteiger partial charge in [-0.3, -0.25) is 0 Å². The summed E-state index contributed by atoms with van der Waals surface area (Å²) in [5.41, 5.74) is 0.387. The molecule has 1 aliphatic heterocycles. The molecule has 0 saturated carbocycles. The van der Waals surface area contributed by atoms with E-state index in [0.717, 1.165) is 24.0 Å². The molecule has 3 heteroatoms. The normalized spacial score (nSPS) is 41.6. The van der Waals surface area contributed by atoms with Crippen molar-refractivity contribution in [2.45, 2.75) is 31.7 Å². The van der Waals surface area contributed by atoms with E-state index >= 15 is 0 Å². The van der Waals surface area contributed by atoms with Crippen LogP contribution in [0, 0.1) is 5.41 Å². The molecule has 1 fully saturated rings. The van der Waals surface area contributed by atoms with Crippen molar-refractivity contribution in [1.29, 1.82) is 0 Å². The zero-order chi connectivity index (χ0) is 11.4. The SMILES string of the molecule is CC12CCOC(O)C1(O)c1ccccc1C2. The van der Waals surface area contributed by atoms with Crippen LogP contribution in [-0.2, 0) is 16.8 Å². The third-order valence-corrected chi connectivity index (χ3v) is 4.22. The van der Waals surface area contributed by atoms with Crippen molar-refractivity contribution in [2.75, 3.05) is 6.61 Å². The summed E-state index contributed by atoms with van der Waals surface area (Å²) in [6.45, 7) is 2.53. The van der Waals surface area contributed by atoms with Gasteiger partial charge in [0.25, 0.3) is 0 Å². The topological polar surface area (TPSA) is 49.7 Å². The minimum atomic E-state index is -1.25. The molecule has 16 heavy (non-hydrogen) atoms. The number of hydrogen-bond donors (Lipinski definition) is 2. The number of aliphatic hydroxyl groups is 2. The van der Waals surface area contributed by atoms with E-state index in [0.29, 0.717) is 6.61 Å². The molecule has 3 nitrogen and oxygen atoms in total. The molecule has 3 unspecified atom stereocenters. The molecule has 2 N–H and O–H groups in total. The third-order valence-electron chi connectivity index (χ3n) is 4.22. The summed E-state index contributed by atoms with van der Waals surface area (Å²) in [4.78, 5) is 0. The average Bonchev–Trinajstić information content (AvgIpc) is 2.50. The zero-order valence-corrected chi connectivity index (χ0v) is 9.31. The first-order valence-corrected chi connectivity index (χ1v) is 5.68. The summed E-state index contributed by atoms with van der Waals surface area (Å²) in [5.74, 6) is 0. The lowest BCUT2D eigenvalue weighted by Crippen LogP contribution is -2.55. The second-order valence-electron chi connectivity index (χ2n) is 5.13. The van der Waals surface area contributed by atoms with Crippen molar-refractivity contribution in [1.82, 2.24) is 0 Å². The maximum atomic E-state index is 10.8. The second kappa shape index (κ2) is 3.06. The lowest BCUT2D eigenvalue weighted by molar-refractivity contribution is -0.288. The molecule has 2 aliphatic rings. The fraction of sp³-hybridized carbons (Fsp3) is 0.538. The average molecular weight is 220 g/mol. The number of aliphatic hydroxyl groups excluding tert-OH is 1. The van der Waals surface area contributed by atoms with Gasteiger partial charge in [0.1, 0.15) is 5.60 Å². The fourth-order valence-corrected chi connectivity index (χ4v) is 3.15. The Balaban J connectivity index is 2.20. The minimum absolute atomic E-state index is 0.311. The summed E-state index contributed by atoms with van der Waals surface area (Å²) in [6, 6.07) is 7.77. The van der Waals surface area contributed by atoms with Crippen molar-refractivity contribution < 1.29 is 14.9 Å². The summed E-state index contributed by atoms with van der Waals surface area (Å²) >= 11 is 0. The molecule has 1 saturated heterocycles. The van der Waals surface area contributed by atoms with Crippen LogP contribution in [0.15, 0.2) is 24.3 Å². The van der Waals surface area contributed by atoms with Crippen LogP contribution in [0.4, 0.5) is 0 Å². The minimum Gasteiger partial charge on any atom is -0.379 e. The summed E-state index contributed by atoms with van der Waals surface area (Å²) in [7, 11) is 0. The highest BCUT2D eigenvalue weighted by Crippen LogP contribution is 2.55. The second-order valence-corrected chi connectivity index (χ2v) is 5.13. The van der Waals surface area contributed by atoms with Crippen LogP contribution in [-0.4, -0.2) is 23.1 Å². The molecule has 0 aromatic heterocycles. The van der Waals surface area contributed by atoms with Crippen molar-refractivity contribution in [3.05, 3.63) is 35.4 Å². The van der Waals surface area contributed by atoms with Gasteiger partial charge in [-0.2, -0.15) is 0 Å². The maximum absolute atomic E-state index is 10.8. The summed E-state index contributed by atoms with van der Waals surface area (Å²) < 4.78 is 5.22. The van der Waals surface area contributed by atoms with Gasteiger partial charge in [0, 0.05) is 5.41 Å². The van der Waals surface area contributed by atoms with E-state index in [1.165, 1.54) is 0 Å². The monoisotopic (exact) mass is 220 g/mol. The first-order valence-electron chi connectivity index (χ1n) is 5.68. The number of fused-ring (bicyclic) bond motifs is 3. The molecular formula is C13H16O3. The lowest BCUT2D eigenvalue weighted by Gasteiger charge is -2.46. The molecule has 86 valence electrons. The lowest BCUT2D eigenvalue weighted by atomic mass is 9.70. The smallest absolute Gasteiger partial charge is 0.188 e. The summed E-state index contributed by atoms with van der Waals surface area (Å²) in [6.07, 6.45) is 0.463. The number of hydrogen-bond acceptors (Lipinski definition) is 3. The Labute approximate surface area is 94.7 Å². The first-order chi connectivity index (χ1) is 7.58. The van der Waals surface area contributed by atoms with E-state index in [9.17, 15) is 10.2 Å². The van der Waals surface area contributed by atoms with Crippen LogP contribution < -0.4 is 0 Å². The van der Waals surface area contributed by atoms with Crippen molar-refractivity contribution in [3.8, 4) is 0 Å². The van der Waals surface area contributed by atoms with Crippen molar-refractivity contribution >= 4 is 0 Å².